The standard InChI is InChI=1S/C17H23NO2/c1-11(2)18-10-14-6-7-16(20-14)15-8-13(4)17(19-5)9-12(15)3/h6-9,11,18H,10H2,1-5H3. The fourth-order valence-corrected chi connectivity index (χ4v) is 2.20. The van der Waals surface area contributed by atoms with Gasteiger partial charge in [-0.3, -0.25) is 0 Å². The molecule has 0 radical (unpaired) electrons. The summed E-state index contributed by atoms with van der Waals surface area (Å²) in [5.74, 6) is 2.79. The minimum Gasteiger partial charge on any atom is -0.496 e. The molecule has 0 bridgehead atoms. The van der Waals surface area contributed by atoms with Crippen LogP contribution in [-0.4, -0.2) is 13.2 Å². The van der Waals surface area contributed by atoms with Crippen molar-refractivity contribution >= 4 is 0 Å². The van der Waals surface area contributed by atoms with Crippen LogP contribution in [0.3, 0.4) is 0 Å². The molecule has 0 spiro atoms. The Labute approximate surface area is 121 Å². The first kappa shape index (κ1) is 14.7. The Kier molecular flexibility index (Phi) is 4.50. The molecule has 0 fully saturated rings. The third-order valence-electron chi connectivity index (χ3n) is 3.35. The minimum atomic E-state index is 0.452. The second-order valence-electron chi connectivity index (χ2n) is 5.44. The molecule has 3 nitrogen and oxygen atoms in total. The van der Waals surface area contributed by atoms with Crippen LogP contribution in [0.1, 0.15) is 30.7 Å². The summed E-state index contributed by atoms with van der Waals surface area (Å²) < 4.78 is 11.3. The average Bonchev–Trinajstić information content (AvgIpc) is 2.87. The maximum absolute atomic E-state index is 5.93. The highest BCUT2D eigenvalue weighted by molar-refractivity contribution is 5.65. The van der Waals surface area contributed by atoms with Crippen molar-refractivity contribution in [2.75, 3.05) is 7.11 Å². The zero-order valence-corrected chi connectivity index (χ0v) is 12.9. The molecule has 0 atom stereocenters. The molecule has 108 valence electrons. The Hall–Kier alpha value is -1.74. The molecule has 0 amide bonds. The van der Waals surface area contributed by atoms with Gasteiger partial charge in [-0.2, -0.15) is 0 Å². The van der Waals surface area contributed by atoms with Crippen LogP contribution in [0.25, 0.3) is 11.3 Å². The molecule has 0 unspecified atom stereocenters. The quantitative estimate of drug-likeness (QED) is 0.891. The fraction of sp³-hybridized carbons (Fsp3) is 0.412. The van der Waals surface area contributed by atoms with Crippen molar-refractivity contribution in [2.45, 2.75) is 40.3 Å². The maximum Gasteiger partial charge on any atom is 0.134 e. The highest BCUT2D eigenvalue weighted by Gasteiger charge is 2.11. The van der Waals surface area contributed by atoms with Crippen molar-refractivity contribution in [1.82, 2.24) is 5.32 Å². The van der Waals surface area contributed by atoms with E-state index in [2.05, 4.69) is 38.2 Å². The van der Waals surface area contributed by atoms with Crippen molar-refractivity contribution in [1.29, 1.82) is 0 Å². The summed E-state index contributed by atoms with van der Waals surface area (Å²) in [7, 11) is 1.70. The summed E-state index contributed by atoms with van der Waals surface area (Å²) in [6, 6.07) is 8.69. The molecule has 0 saturated carbocycles. The normalized spacial score (nSPS) is 11.1. The van der Waals surface area contributed by atoms with Crippen LogP contribution in [0.2, 0.25) is 0 Å². The van der Waals surface area contributed by atoms with Crippen LogP contribution in [0.4, 0.5) is 0 Å². The van der Waals surface area contributed by atoms with E-state index >= 15 is 0 Å². The molecule has 2 aromatic rings. The van der Waals surface area contributed by atoms with Gasteiger partial charge in [0.25, 0.3) is 0 Å². The molecule has 1 heterocycles. The van der Waals surface area contributed by atoms with E-state index in [0.29, 0.717) is 6.04 Å². The first-order valence-corrected chi connectivity index (χ1v) is 6.99. The van der Waals surface area contributed by atoms with Gasteiger partial charge in [0, 0.05) is 11.6 Å². The van der Waals surface area contributed by atoms with E-state index in [1.54, 1.807) is 7.11 Å². The van der Waals surface area contributed by atoms with E-state index in [0.717, 1.165) is 40.5 Å². The van der Waals surface area contributed by atoms with Crippen LogP contribution >= 0.6 is 0 Å². The summed E-state index contributed by atoms with van der Waals surface area (Å²) in [6.07, 6.45) is 0. The summed E-state index contributed by atoms with van der Waals surface area (Å²) >= 11 is 0. The lowest BCUT2D eigenvalue weighted by Gasteiger charge is -2.10. The second kappa shape index (κ2) is 6.14. The van der Waals surface area contributed by atoms with E-state index in [9.17, 15) is 0 Å². The van der Waals surface area contributed by atoms with Crippen molar-refractivity contribution in [2.24, 2.45) is 0 Å². The summed E-state index contributed by atoms with van der Waals surface area (Å²) in [5.41, 5.74) is 3.40. The lowest BCUT2D eigenvalue weighted by molar-refractivity contribution is 0.411. The van der Waals surface area contributed by atoms with E-state index in [1.165, 1.54) is 0 Å². The summed E-state index contributed by atoms with van der Waals surface area (Å²) in [6.45, 7) is 9.13. The number of furan rings is 1. The molecule has 1 aromatic heterocycles. The minimum absolute atomic E-state index is 0.452. The van der Waals surface area contributed by atoms with Gasteiger partial charge in [0.05, 0.1) is 13.7 Å². The summed E-state index contributed by atoms with van der Waals surface area (Å²) in [4.78, 5) is 0. The average molecular weight is 273 g/mol. The number of methoxy groups -OCH3 is 1. The van der Waals surface area contributed by atoms with Gasteiger partial charge in [-0.05, 0) is 49.2 Å². The molecule has 20 heavy (non-hydrogen) atoms. The second-order valence-corrected chi connectivity index (χ2v) is 5.44. The summed E-state index contributed by atoms with van der Waals surface area (Å²) in [5, 5.41) is 3.36. The van der Waals surface area contributed by atoms with Crippen LogP contribution in [0.15, 0.2) is 28.7 Å². The molecule has 1 aromatic carbocycles. The monoisotopic (exact) mass is 273 g/mol. The molecule has 2 rings (SSSR count). The number of aryl methyl sites for hydroxylation is 2. The van der Waals surface area contributed by atoms with Crippen molar-refractivity contribution in [3.05, 3.63) is 41.2 Å². The van der Waals surface area contributed by atoms with Crippen molar-refractivity contribution in [3.8, 4) is 17.1 Å². The number of benzene rings is 1. The number of ether oxygens (including phenoxy) is 1. The molecular formula is C17H23NO2. The van der Waals surface area contributed by atoms with Crippen molar-refractivity contribution in [3.63, 3.8) is 0 Å². The number of hydrogen-bond acceptors (Lipinski definition) is 3. The topological polar surface area (TPSA) is 34.4 Å². The highest BCUT2D eigenvalue weighted by atomic mass is 16.5. The van der Waals surface area contributed by atoms with Crippen LogP contribution in [0, 0.1) is 13.8 Å². The largest absolute Gasteiger partial charge is 0.496 e. The molecule has 0 saturated heterocycles. The Balaban J connectivity index is 2.26. The Bertz CT molecular complexity index is 585. The maximum atomic E-state index is 5.93. The predicted octanol–water partition coefficient (Wildman–Crippen LogP) is 4.07. The van der Waals surface area contributed by atoms with Gasteiger partial charge >= 0.3 is 0 Å². The molecular weight excluding hydrogens is 250 g/mol. The Morgan fingerprint density at radius 1 is 1.15 bits per heavy atom. The number of nitrogens with one attached hydrogen (secondary N) is 1. The SMILES string of the molecule is COc1cc(C)c(-c2ccc(CNC(C)C)o2)cc1C. The molecule has 3 heteroatoms. The fourth-order valence-electron chi connectivity index (χ4n) is 2.20. The van der Waals surface area contributed by atoms with E-state index in [1.807, 2.05) is 19.1 Å². The first-order chi connectivity index (χ1) is 9.51. The van der Waals surface area contributed by atoms with E-state index < -0.39 is 0 Å². The van der Waals surface area contributed by atoms with Crippen molar-refractivity contribution < 1.29 is 9.15 Å². The van der Waals surface area contributed by atoms with Gasteiger partial charge in [-0.25, -0.2) is 0 Å². The number of hydrogen-bond donors (Lipinski definition) is 1. The van der Waals surface area contributed by atoms with Gasteiger partial charge in [0.1, 0.15) is 17.3 Å². The van der Waals surface area contributed by atoms with Crippen LogP contribution in [0.5, 0.6) is 5.75 Å². The van der Waals surface area contributed by atoms with Gasteiger partial charge in [-0.1, -0.05) is 13.8 Å². The van der Waals surface area contributed by atoms with Gasteiger partial charge in [0.2, 0.25) is 0 Å². The first-order valence-electron chi connectivity index (χ1n) is 6.99. The smallest absolute Gasteiger partial charge is 0.134 e. The third kappa shape index (κ3) is 3.23. The lowest BCUT2D eigenvalue weighted by Crippen LogP contribution is -2.21. The number of rotatable bonds is 5. The van der Waals surface area contributed by atoms with Gasteiger partial charge in [-0.15, -0.1) is 0 Å². The van der Waals surface area contributed by atoms with Gasteiger partial charge < -0.3 is 14.5 Å². The molecule has 0 aliphatic carbocycles. The van der Waals surface area contributed by atoms with E-state index in [4.69, 9.17) is 9.15 Å². The molecule has 0 aliphatic rings. The van der Waals surface area contributed by atoms with E-state index in [-0.39, 0.29) is 0 Å². The molecule has 0 aliphatic heterocycles. The van der Waals surface area contributed by atoms with Crippen LogP contribution in [-0.2, 0) is 6.54 Å². The van der Waals surface area contributed by atoms with Crippen LogP contribution < -0.4 is 10.1 Å². The Morgan fingerprint density at radius 2 is 1.90 bits per heavy atom. The van der Waals surface area contributed by atoms with Gasteiger partial charge in [0.15, 0.2) is 0 Å². The Morgan fingerprint density at radius 3 is 2.55 bits per heavy atom. The predicted molar refractivity (Wildman–Crippen MR) is 82.1 cm³/mol. The zero-order chi connectivity index (χ0) is 14.7. The zero-order valence-electron chi connectivity index (χ0n) is 12.9. The third-order valence-corrected chi connectivity index (χ3v) is 3.35. The lowest BCUT2D eigenvalue weighted by atomic mass is 10.0. The molecule has 1 N–H and O–H groups in total. The highest BCUT2D eigenvalue weighted by Crippen LogP contribution is 2.31.